The first-order valence-electron chi connectivity index (χ1n) is 10.4. The van der Waals surface area contributed by atoms with Crippen LogP contribution in [0.3, 0.4) is 0 Å². The predicted octanol–water partition coefficient (Wildman–Crippen LogP) is 5.99. The Kier molecular flexibility index (Phi) is 7.31. The fourth-order valence-electron chi connectivity index (χ4n) is 4.33. The normalized spacial score (nSPS) is 14.9. The molecule has 1 aliphatic rings. The molecule has 0 unspecified atom stereocenters. The lowest BCUT2D eigenvalue weighted by molar-refractivity contribution is 0.702. The maximum atomic E-state index is 2.61. The third-order valence-electron chi connectivity index (χ3n) is 6.43. The molecule has 0 aromatic heterocycles. The molecule has 1 heteroatoms. The molecule has 25 heavy (non-hydrogen) atoms. The summed E-state index contributed by atoms with van der Waals surface area (Å²) in [5.41, 5.74) is 11.2. The van der Waals surface area contributed by atoms with Crippen molar-refractivity contribution in [3.63, 3.8) is 0 Å². The molecule has 138 valence electrons. The van der Waals surface area contributed by atoms with Crippen molar-refractivity contribution in [1.29, 1.82) is 0 Å². The summed E-state index contributed by atoms with van der Waals surface area (Å²) in [6.45, 7) is 16.3. The molecular weight excluding hydrogens is 316 g/mol. The van der Waals surface area contributed by atoms with Crippen LogP contribution in [0.4, 0.5) is 0 Å². The van der Waals surface area contributed by atoms with Crippen molar-refractivity contribution in [2.75, 3.05) is 0 Å². The van der Waals surface area contributed by atoms with Gasteiger partial charge in [0.05, 0.1) is 9.52 Å². The summed E-state index contributed by atoms with van der Waals surface area (Å²) >= 11 is 0. The maximum absolute atomic E-state index is 2.61. The van der Waals surface area contributed by atoms with Crippen LogP contribution in [0.2, 0.25) is 0 Å². The van der Waals surface area contributed by atoms with Gasteiger partial charge in [0.25, 0.3) is 0 Å². The summed E-state index contributed by atoms with van der Waals surface area (Å²) in [5, 5.41) is 3.50. The molecule has 0 amide bonds. The Morgan fingerprint density at radius 1 is 0.760 bits per heavy atom. The average molecular weight is 355 g/mol. The van der Waals surface area contributed by atoms with E-state index in [0.717, 1.165) is 0 Å². The van der Waals surface area contributed by atoms with Gasteiger partial charge >= 0.3 is 0 Å². The Bertz CT molecular complexity index is 660. The molecule has 1 aromatic rings. The fraction of sp³-hybridized carbons (Fsp3) is 0.583. The van der Waals surface area contributed by atoms with E-state index >= 15 is 0 Å². The average Bonchev–Trinajstić information content (AvgIpc) is 2.97. The molecule has 1 aliphatic carbocycles. The summed E-state index contributed by atoms with van der Waals surface area (Å²) in [7, 11) is -0.341. The molecule has 0 heterocycles. The van der Waals surface area contributed by atoms with E-state index in [4.69, 9.17) is 0 Å². The zero-order valence-corrected chi connectivity index (χ0v) is 19.1. The van der Waals surface area contributed by atoms with Crippen LogP contribution in [0.15, 0.2) is 22.4 Å². The quantitative estimate of drug-likeness (QED) is 0.397. The first-order valence-corrected chi connectivity index (χ1v) is 11.8. The number of hydrogen-bond donors (Lipinski definition) is 0. The van der Waals surface area contributed by atoms with E-state index in [-0.39, 0.29) is 9.52 Å². The molecule has 1 aromatic carbocycles. The number of hydrogen-bond acceptors (Lipinski definition) is 0. The molecule has 0 fully saturated rings. The van der Waals surface area contributed by atoms with Gasteiger partial charge in [-0.15, -0.1) is 0 Å². The zero-order chi connectivity index (χ0) is 18.6. The number of rotatable bonds is 8. The standard InChI is InChI=1S/C24H38Si/c1-8-10-11-13-22-15-23(14-21(22)12-9-2)25-24-19(6)17(4)16(3)18(5)20(24)7/h14H,8-13,15,25H2,1-7H3. The maximum Gasteiger partial charge on any atom is 0.0835 e. The Balaban J connectivity index is 2.21. The van der Waals surface area contributed by atoms with Crippen LogP contribution in [0.1, 0.15) is 86.6 Å². The van der Waals surface area contributed by atoms with Crippen molar-refractivity contribution in [3.8, 4) is 0 Å². The van der Waals surface area contributed by atoms with Gasteiger partial charge < -0.3 is 0 Å². The second-order valence-electron chi connectivity index (χ2n) is 8.10. The van der Waals surface area contributed by atoms with Gasteiger partial charge in [0.1, 0.15) is 0 Å². The van der Waals surface area contributed by atoms with Crippen molar-refractivity contribution in [1.82, 2.24) is 0 Å². The first kappa shape index (κ1) is 20.2. The highest BCUT2D eigenvalue weighted by Gasteiger charge is 2.19. The lowest BCUT2D eigenvalue weighted by Gasteiger charge is -2.19. The summed E-state index contributed by atoms with van der Waals surface area (Å²) < 4.78 is 0. The Hall–Kier alpha value is -1.08. The van der Waals surface area contributed by atoms with E-state index in [1.54, 1.807) is 32.7 Å². The largest absolute Gasteiger partial charge is 0.0835 e. The predicted molar refractivity (Wildman–Crippen MR) is 117 cm³/mol. The third kappa shape index (κ3) is 4.56. The Morgan fingerprint density at radius 3 is 1.92 bits per heavy atom. The van der Waals surface area contributed by atoms with Crippen molar-refractivity contribution >= 4 is 14.7 Å². The molecule has 0 nitrogen and oxygen atoms in total. The molecule has 0 saturated heterocycles. The van der Waals surface area contributed by atoms with Crippen LogP contribution in [0.25, 0.3) is 0 Å². The number of allylic oxidation sites excluding steroid dienone is 4. The molecule has 0 aliphatic heterocycles. The van der Waals surface area contributed by atoms with Crippen molar-refractivity contribution in [2.24, 2.45) is 0 Å². The van der Waals surface area contributed by atoms with Gasteiger partial charge in [-0.25, -0.2) is 0 Å². The monoisotopic (exact) mass is 354 g/mol. The van der Waals surface area contributed by atoms with Crippen LogP contribution in [0, 0.1) is 34.6 Å². The molecule has 0 saturated carbocycles. The van der Waals surface area contributed by atoms with Crippen molar-refractivity contribution in [2.45, 2.75) is 93.4 Å². The molecule has 0 spiro atoms. The lowest BCUT2D eigenvalue weighted by Crippen LogP contribution is -2.25. The topological polar surface area (TPSA) is 0 Å². The van der Waals surface area contributed by atoms with Gasteiger partial charge in [-0.2, -0.15) is 0 Å². The number of unbranched alkanes of at least 4 members (excludes halogenated alkanes) is 2. The number of benzene rings is 1. The van der Waals surface area contributed by atoms with E-state index in [9.17, 15) is 0 Å². The zero-order valence-electron chi connectivity index (χ0n) is 17.7. The van der Waals surface area contributed by atoms with Crippen molar-refractivity contribution in [3.05, 3.63) is 50.2 Å². The smallest absolute Gasteiger partial charge is 0.0783 e. The van der Waals surface area contributed by atoms with E-state index in [1.165, 1.54) is 61.6 Å². The highest BCUT2D eigenvalue weighted by atomic mass is 28.2. The summed E-state index contributed by atoms with van der Waals surface area (Å²) in [5.74, 6) is 0. The minimum Gasteiger partial charge on any atom is -0.0783 e. The minimum absolute atomic E-state index is 0.341. The van der Waals surface area contributed by atoms with E-state index in [0.29, 0.717) is 0 Å². The molecule has 0 atom stereocenters. The van der Waals surface area contributed by atoms with E-state index < -0.39 is 0 Å². The van der Waals surface area contributed by atoms with Crippen LogP contribution < -0.4 is 5.19 Å². The Morgan fingerprint density at radius 2 is 1.36 bits per heavy atom. The third-order valence-corrected chi connectivity index (χ3v) is 8.76. The fourth-order valence-corrected chi connectivity index (χ4v) is 6.62. The second kappa shape index (κ2) is 9.03. The molecule has 0 N–H and O–H groups in total. The van der Waals surface area contributed by atoms with Gasteiger partial charge in [-0.1, -0.05) is 55.1 Å². The van der Waals surface area contributed by atoms with Crippen LogP contribution in [-0.2, 0) is 0 Å². The molecular formula is C24H38Si. The van der Waals surface area contributed by atoms with Gasteiger partial charge in [0.2, 0.25) is 0 Å². The van der Waals surface area contributed by atoms with Crippen LogP contribution >= 0.6 is 0 Å². The van der Waals surface area contributed by atoms with Crippen LogP contribution in [-0.4, -0.2) is 9.52 Å². The molecule has 0 bridgehead atoms. The minimum atomic E-state index is -0.341. The first-order chi connectivity index (χ1) is 11.9. The van der Waals surface area contributed by atoms with Gasteiger partial charge in [-0.05, 0) is 93.7 Å². The molecule has 2 rings (SSSR count). The summed E-state index contributed by atoms with van der Waals surface area (Å²) in [4.78, 5) is 0. The van der Waals surface area contributed by atoms with Gasteiger partial charge in [0, 0.05) is 0 Å². The van der Waals surface area contributed by atoms with Crippen molar-refractivity contribution < 1.29 is 0 Å². The van der Waals surface area contributed by atoms with Gasteiger partial charge in [-0.3, -0.25) is 0 Å². The van der Waals surface area contributed by atoms with E-state index in [1.807, 2.05) is 0 Å². The second-order valence-corrected chi connectivity index (χ2v) is 10.1. The summed E-state index contributed by atoms with van der Waals surface area (Å²) in [6.07, 6.45) is 11.9. The highest BCUT2D eigenvalue weighted by Crippen LogP contribution is 2.32. The highest BCUT2D eigenvalue weighted by molar-refractivity contribution is 6.62. The molecule has 0 radical (unpaired) electrons. The lowest BCUT2D eigenvalue weighted by atomic mass is 9.95. The van der Waals surface area contributed by atoms with E-state index in [2.05, 4.69) is 54.5 Å². The SMILES string of the molecule is CCCCCC1=C(CCC)C=C([SiH2]c2c(C)c(C)c(C)c(C)c2C)C1. The Labute approximate surface area is 158 Å². The van der Waals surface area contributed by atoms with Gasteiger partial charge in [0.15, 0.2) is 0 Å². The summed E-state index contributed by atoms with van der Waals surface area (Å²) in [6, 6.07) is 0. The van der Waals surface area contributed by atoms with Crippen LogP contribution in [0.5, 0.6) is 0 Å².